The van der Waals surface area contributed by atoms with E-state index in [4.69, 9.17) is 21.3 Å². The molecule has 0 bridgehead atoms. The van der Waals surface area contributed by atoms with Crippen molar-refractivity contribution in [3.63, 3.8) is 0 Å². The lowest BCUT2D eigenvalue weighted by Gasteiger charge is -2.29. The summed E-state index contributed by atoms with van der Waals surface area (Å²) in [7, 11) is 0. The van der Waals surface area contributed by atoms with E-state index >= 15 is 0 Å². The highest BCUT2D eigenvalue weighted by atomic mass is 35.5. The largest absolute Gasteiger partial charge is 0.373 e. The van der Waals surface area contributed by atoms with Crippen LogP contribution in [0.5, 0.6) is 0 Å². The average molecular weight is 487 g/mol. The molecule has 2 atom stereocenters. The molecule has 1 saturated carbocycles. The van der Waals surface area contributed by atoms with E-state index in [0.717, 1.165) is 29.7 Å². The Bertz CT molecular complexity index is 1530. The molecule has 2 unspecified atom stereocenters. The normalized spacial score (nSPS) is 20.1. The standard InChI is InChI=1S/C26H23ClN6O2/c1-15-23(27)26(34)32-14-21(31-24(25(32)30-15)17-4-2-16(11-28)3-5-17)18-8-9-35-22(10-18)19-12-29-33(13-19)20-6-7-20/h2-5,12-14,18,20,22H,6-10H2,1H3. The Kier molecular flexibility index (Phi) is 5.39. The monoisotopic (exact) mass is 486 g/mol. The third kappa shape index (κ3) is 4.01. The van der Waals surface area contributed by atoms with Gasteiger partial charge in [-0.25, -0.2) is 9.97 Å². The minimum atomic E-state index is -0.318. The number of ether oxygens (including phenoxy) is 1. The molecule has 1 aromatic carbocycles. The van der Waals surface area contributed by atoms with Crippen LogP contribution >= 0.6 is 11.6 Å². The van der Waals surface area contributed by atoms with Gasteiger partial charge < -0.3 is 4.74 Å². The highest BCUT2D eigenvalue weighted by Gasteiger charge is 2.30. The molecule has 6 rings (SSSR count). The van der Waals surface area contributed by atoms with Crippen LogP contribution in [0.4, 0.5) is 0 Å². The smallest absolute Gasteiger partial charge is 0.277 e. The quantitative estimate of drug-likeness (QED) is 0.412. The zero-order chi connectivity index (χ0) is 24.1. The molecule has 4 aromatic rings. The van der Waals surface area contributed by atoms with Gasteiger partial charge in [0, 0.05) is 36.0 Å². The maximum absolute atomic E-state index is 13.1. The number of benzene rings is 1. The van der Waals surface area contributed by atoms with Gasteiger partial charge in [0.15, 0.2) is 5.65 Å². The van der Waals surface area contributed by atoms with E-state index in [9.17, 15) is 10.1 Å². The van der Waals surface area contributed by atoms with Gasteiger partial charge in [0.25, 0.3) is 5.56 Å². The molecule has 0 spiro atoms. The zero-order valence-electron chi connectivity index (χ0n) is 19.2. The van der Waals surface area contributed by atoms with E-state index in [-0.39, 0.29) is 22.6 Å². The van der Waals surface area contributed by atoms with Crippen LogP contribution in [0.1, 0.15) is 66.3 Å². The second-order valence-electron chi connectivity index (χ2n) is 9.28. The lowest BCUT2D eigenvalue weighted by molar-refractivity contribution is 0.00454. The maximum Gasteiger partial charge on any atom is 0.277 e. The van der Waals surface area contributed by atoms with E-state index in [0.29, 0.717) is 35.2 Å². The number of aryl methyl sites for hydroxylation is 1. The molecule has 176 valence electrons. The summed E-state index contributed by atoms with van der Waals surface area (Å²) in [5, 5.41) is 13.8. The predicted octanol–water partition coefficient (Wildman–Crippen LogP) is 4.76. The molecular formula is C26H23ClN6O2. The topological polar surface area (TPSA) is 98.1 Å². The van der Waals surface area contributed by atoms with E-state index in [1.807, 2.05) is 23.0 Å². The molecule has 1 aliphatic carbocycles. The minimum Gasteiger partial charge on any atom is -0.373 e. The van der Waals surface area contributed by atoms with Gasteiger partial charge in [0.05, 0.1) is 41.4 Å². The number of hydrogen-bond donors (Lipinski definition) is 0. The first kappa shape index (κ1) is 22.0. The third-order valence-corrected chi connectivity index (χ3v) is 7.28. The summed E-state index contributed by atoms with van der Waals surface area (Å²) < 4.78 is 9.64. The molecule has 8 nitrogen and oxygen atoms in total. The van der Waals surface area contributed by atoms with Gasteiger partial charge in [-0.15, -0.1) is 0 Å². The Labute approximate surface area is 206 Å². The van der Waals surface area contributed by atoms with Crippen LogP contribution in [-0.2, 0) is 4.74 Å². The van der Waals surface area contributed by atoms with Gasteiger partial charge >= 0.3 is 0 Å². The third-order valence-electron chi connectivity index (χ3n) is 6.84. The fourth-order valence-electron chi connectivity index (χ4n) is 4.69. The van der Waals surface area contributed by atoms with Gasteiger partial charge in [0.1, 0.15) is 10.7 Å². The van der Waals surface area contributed by atoms with Crippen molar-refractivity contribution in [2.24, 2.45) is 0 Å². The summed E-state index contributed by atoms with van der Waals surface area (Å²) in [5.74, 6) is 0.0894. The second-order valence-corrected chi connectivity index (χ2v) is 9.66. The van der Waals surface area contributed by atoms with Gasteiger partial charge in [-0.05, 0) is 44.7 Å². The van der Waals surface area contributed by atoms with Gasteiger partial charge in [-0.1, -0.05) is 23.7 Å². The lowest BCUT2D eigenvalue weighted by Crippen LogP contribution is -2.23. The molecule has 3 aromatic heterocycles. The van der Waals surface area contributed by atoms with Gasteiger partial charge in [-0.3, -0.25) is 13.9 Å². The van der Waals surface area contributed by atoms with Crippen LogP contribution < -0.4 is 5.56 Å². The van der Waals surface area contributed by atoms with Crippen molar-refractivity contribution in [1.29, 1.82) is 5.26 Å². The van der Waals surface area contributed by atoms with Crippen LogP contribution in [0.3, 0.4) is 0 Å². The van der Waals surface area contributed by atoms with Crippen LogP contribution in [0, 0.1) is 18.3 Å². The van der Waals surface area contributed by atoms with Gasteiger partial charge in [0.2, 0.25) is 0 Å². The Morgan fingerprint density at radius 3 is 2.69 bits per heavy atom. The fraction of sp³-hybridized carbons (Fsp3) is 0.346. The minimum absolute atomic E-state index is 0.0754. The van der Waals surface area contributed by atoms with E-state index in [2.05, 4.69) is 22.3 Å². The predicted molar refractivity (Wildman–Crippen MR) is 130 cm³/mol. The first-order chi connectivity index (χ1) is 17.0. The second kappa shape index (κ2) is 8.59. The Morgan fingerprint density at radius 1 is 1.14 bits per heavy atom. The Morgan fingerprint density at radius 2 is 1.94 bits per heavy atom. The van der Waals surface area contributed by atoms with Gasteiger partial charge in [-0.2, -0.15) is 10.4 Å². The van der Waals surface area contributed by atoms with Crippen molar-refractivity contribution in [2.45, 2.75) is 50.7 Å². The number of nitriles is 1. The zero-order valence-corrected chi connectivity index (χ0v) is 19.9. The van der Waals surface area contributed by atoms with E-state index in [1.165, 1.54) is 17.2 Å². The first-order valence-electron chi connectivity index (χ1n) is 11.8. The number of fused-ring (bicyclic) bond motifs is 1. The molecule has 1 aliphatic heterocycles. The highest BCUT2D eigenvalue weighted by molar-refractivity contribution is 6.31. The molecule has 2 fully saturated rings. The Hall–Kier alpha value is -3.54. The molecule has 9 heteroatoms. The van der Waals surface area contributed by atoms with Crippen molar-refractivity contribution < 1.29 is 4.74 Å². The van der Waals surface area contributed by atoms with Crippen molar-refractivity contribution >= 4 is 17.2 Å². The summed E-state index contributed by atoms with van der Waals surface area (Å²) in [6, 6.07) is 9.80. The molecule has 0 N–H and O–H groups in total. The Balaban J connectivity index is 1.43. The summed E-state index contributed by atoms with van der Waals surface area (Å²) in [5.41, 5.74) is 4.38. The summed E-state index contributed by atoms with van der Waals surface area (Å²) in [6.45, 7) is 2.31. The first-order valence-corrected chi connectivity index (χ1v) is 12.1. The van der Waals surface area contributed by atoms with E-state index in [1.54, 1.807) is 25.3 Å². The van der Waals surface area contributed by atoms with Crippen molar-refractivity contribution in [1.82, 2.24) is 24.1 Å². The van der Waals surface area contributed by atoms with Crippen LogP contribution in [0.15, 0.2) is 47.7 Å². The lowest BCUT2D eigenvalue weighted by atomic mass is 9.90. The number of halogens is 1. The number of hydrogen-bond acceptors (Lipinski definition) is 6. The molecule has 35 heavy (non-hydrogen) atoms. The summed E-state index contributed by atoms with van der Waals surface area (Å²) in [4.78, 5) is 22.7. The van der Waals surface area contributed by atoms with E-state index < -0.39 is 0 Å². The van der Waals surface area contributed by atoms with Crippen molar-refractivity contribution in [2.75, 3.05) is 6.61 Å². The number of rotatable bonds is 4. The SMILES string of the molecule is Cc1nc2c(-c3ccc(C#N)cc3)nc(C3CCOC(c4cnn(C5CC5)c4)C3)cn2c(=O)c1Cl. The fourth-order valence-corrected chi connectivity index (χ4v) is 4.83. The molecule has 0 radical (unpaired) electrons. The molecule has 0 amide bonds. The van der Waals surface area contributed by atoms with Crippen molar-refractivity contribution in [3.8, 4) is 17.3 Å². The molecule has 2 aliphatic rings. The average Bonchev–Trinajstić information content (AvgIpc) is 3.63. The van der Waals surface area contributed by atoms with Crippen molar-refractivity contribution in [3.05, 3.63) is 80.7 Å². The summed E-state index contributed by atoms with van der Waals surface area (Å²) >= 11 is 6.29. The van der Waals surface area contributed by atoms with Crippen LogP contribution in [0.2, 0.25) is 5.02 Å². The molecular weight excluding hydrogens is 464 g/mol. The molecule has 4 heterocycles. The maximum atomic E-state index is 13.1. The number of nitrogens with zero attached hydrogens (tertiary/aromatic N) is 6. The van der Waals surface area contributed by atoms with Crippen LogP contribution in [-0.4, -0.2) is 30.8 Å². The highest BCUT2D eigenvalue weighted by Crippen LogP contribution is 2.39. The molecule has 1 saturated heterocycles. The number of aromatic nitrogens is 5. The summed E-state index contributed by atoms with van der Waals surface area (Å²) in [6.07, 6.45) is 9.58. The van der Waals surface area contributed by atoms with Crippen LogP contribution in [0.25, 0.3) is 16.9 Å².